The standard InChI is InChI=1S/C20H13Cl2N3O2S2/c1-10-5-6-13-16(9-10)29-20(23-13)25-19(28)24-18(26)15-8-7-14(27-15)11-3-2-4-12(21)17(11)22/h2-9H,1H3,(H2,23,24,25,26,28). The Morgan fingerprint density at radius 1 is 1.17 bits per heavy atom. The molecule has 2 N–H and O–H groups in total. The topological polar surface area (TPSA) is 67.2 Å². The van der Waals surface area contributed by atoms with E-state index in [1.165, 1.54) is 11.3 Å². The van der Waals surface area contributed by atoms with E-state index in [9.17, 15) is 4.79 Å². The molecule has 0 bridgehead atoms. The van der Waals surface area contributed by atoms with Gasteiger partial charge in [0.25, 0.3) is 5.91 Å². The van der Waals surface area contributed by atoms with Crippen LogP contribution in [0, 0.1) is 6.92 Å². The SMILES string of the molecule is Cc1ccc2nc(NC(=S)NC(=O)c3ccc(-c4cccc(Cl)c4Cl)o3)sc2c1. The number of carbonyl (C=O) groups is 1. The van der Waals surface area contributed by atoms with Crippen LogP contribution in [0.25, 0.3) is 21.5 Å². The molecule has 0 unspecified atom stereocenters. The van der Waals surface area contributed by atoms with Gasteiger partial charge in [-0.05, 0) is 61.1 Å². The number of benzene rings is 2. The van der Waals surface area contributed by atoms with Gasteiger partial charge in [-0.3, -0.25) is 10.1 Å². The minimum atomic E-state index is -0.483. The maximum atomic E-state index is 12.5. The van der Waals surface area contributed by atoms with Crippen LogP contribution < -0.4 is 10.6 Å². The number of hydrogen-bond donors (Lipinski definition) is 2. The van der Waals surface area contributed by atoms with Gasteiger partial charge in [-0.25, -0.2) is 4.98 Å². The fourth-order valence-electron chi connectivity index (χ4n) is 2.68. The second-order valence-electron chi connectivity index (χ2n) is 6.16. The largest absolute Gasteiger partial charge is 0.451 e. The monoisotopic (exact) mass is 461 g/mol. The first-order valence-electron chi connectivity index (χ1n) is 8.44. The van der Waals surface area contributed by atoms with Crippen LogP contribution in [0.5, 0.6) is 0 Å². The Kier molecular flexibility index (Phi) is 5.56. The van der Waals surface area contributed by atoms with Gasteiger partial charge in [-0.15, -0.1) is 0 Å². The summed E-state index contributed by atoms with van der Waals surface area (Å²) in [5.41, 5.74) is 2.62. The average molecular weight is 462 g/mol. The maximum absolute atomic E-state index is 12.5. The molecule has 2 aromatic carbocycles. The highest BCUT2D eigenvalue weighted by molar-refractivity contribution is 7.80. The molecule has 0 aliphatic rings. The first-order valence-corrected chi connectivity index (χ1v) is 10.4. The number of halogens is 2. The first-order chi connectivity index (χ1) is 13.9. The molecule has 0 saturated heterocycles. The van der Waals surface area contributed by atoms with Crippen molar-refractivity contribution in [2.75, 3.05) is 5.32 Å². The highest BCUT2D eigenvalue weighted by Crippen LogP contribution is 2.34. The quantitative estimate of drug-likeness (QED) is 0.350. The van der Waals surface area contributed by atoms with E-state index in [0.29, 0.717) is 26.5 Å². The molecular formula is C20H13Cl2N3O2S2. The summed E-state index contributed by atoms with van der Waals surface area (Å²) in [4.78, 5) is 16.9. The van der Waals surface area contributed by atoms with Crippen molar-refractivity contribution in [3.63, 3.8) is 0 Å². The van der Waals surface area contributed by atoms with Crippen molar-refractivity contribution in [2.24, 2.45) is 0 Å². The zero-order valence-electron chi connectivity index (χ0n) is 15.0. The summed E-state index contributed by atoms with van der Waals surface area (Å²) < 4.78 is 6.66. The van der Waals surface area contributed by atoms with Crippen molar-refractivity contribution in [1.29, 1.82) is 0 Å². The lowest BCUT2D eigenvalue weighted by Crippen LogP contribution is -2.33. The summed E-state index contributed by atoms with van der Waals surface area (Å²) in [6, 6.07) is 14.4. The van der Waals surface area contributed by atoms with Crippen LogP contribution in [0.4, 0.5) is 5.13 Å². The smallest absolute Gasteiger partial charge is 0.293 e. The van der Waals surface area contributed by atoms with Crippen molar-refractivity contribution in [2.45, 2.75) is 6.92 Å². The molecule has 0 spiro atoms. The zero-order chi connectivity index (χ0) is 20.5. The fraction of sp³-hybridized carbons (Fsp3) is 0.0500. The average Bonchev–Trinajstić information content (AvgIpc) is 3.30. The van der Waals surface area contributed by atoms with Crippen molar-refractivity contribution in [3.05, 3.63) is 69.9 Å². The van der Waals surface area contributed by atoms with Gasteiger partial charge in [0.05, 0.1) is 20.3 Å². The predicted molar refractivity (Wildman–Crippen MR) is 122 cm³/mol. The van der Waals surface area contributed by atoms with Gasteiger partial charge < -0.3 is 9.73 Å². The van der Waals surface area contributed by atoms with Crippen LogP contribution in [-0.2, 0) is 0 Å². The van der Waals surface area contributed by atoms with Gasteiger partial charge in [-0.2, -0.15) is 0 Å². The molecule has 4 rings (SSSR count). The number of furan rings is 1. The lowest BCUT2D eigenvalue weighted by Gasteiger charge is -2.05. The molecule has 0 fully saturated rings. The fourth-order valence-corrected chi connectivity index (χ4v) is 4.29. The Balaban J connectivity index is 1.45. The second kappa shape index (κ2) is 8.12. The second-order valence-corrected chi connectivity index (χ2v) is 8.39. The van der Waals surface area contributed by atoms with E-state index in [1.54, 1.807) is 30.3 Å². The summed E-state index contributed by atoms with van der Waals surface area (Å²) >= 11 is 18.9. The van der Waals surface area contributed by atoms with Crippen LogP contribution in [0.15, 0.2) is 52.9 Å². The zero-order valence-corrected chi connectivity index (χ0v) is 18.1. The van der Waals surface area contributed by atoms with Gasteiger partial charge >= 0.3 is 0 Å². The molecule has 0 radical (unpaired) electrons. The summed E-state index contributed by atoms with van der Waals surface area (Å²) in [7, 11) is 0. The van der Waals surface area contributed by atoms with Gasteiger partial charge in [0.2, 0.25) is 0 Å². The predicted octanol–water partition coefficient (Wildman–Crippen LogP) is 6.30. The van der Waals surface area contributed by atoms with Gasteiger partial charge in [-0.1, -0.05) is 46.7 Å². The molecule has 2 aromatic heterocycles. The Hall–Kier alpha value is -2.45. The number of fused-ring (bicyclic) bond motifs is 1. The highest BCUT2D eigenvalue weighted by Gasteiger charge is 2.16. The Morgan fingerprint density at radius 2 is 2.00 bits per heavy atom. The number of carbonyl (C=O) groups excluding carboxylic acids is 1. The lowest BCUT2D eigenvalue weighted by molar-refractivity contribution is 0.0951. The number of thiazole rings is 1. The van der Waals surface area contributed by atoms with Crippen molar-refractivity contribution in [3.8, 4) is 11.3 Å². The minimum Gasteiger partial charge on any atom is -0.451 e. The number of amides is 1. The molecule has 0 aliphatic carbocycles. The van der Waals surface area contributed by atoms with Gasteiger partial charge in [0.1, 0.15) is 5.76 Å². The van der Waals surface area contributed by atoms with Gasteiger partial charge in [0, 0.05) is 5.56 Å². The number of aryl methyl sites for hydroxylation is 1. The molecule has 29 heavy (non-hydrogen) atoms. The van der Waals surface area contributed by atoms with E-state index in [4.69, 9.17) is 39.8 Å². The molecule has 0 atom stereocenters. The highest BCUT2D eigenvalue weighted by atomic mass is 35.5. The van der Waals surface area contributed by atoms with Crippen molar-refractivity contribution >= 4 is 73.1 Å². The molecule has 146 valence electrons. The van der Waals surface area contributed by atoms with Crippen LogP contribution in [-0.4, -0.2) is 16.0 Å². The number of hydrogen-bond acceptors (Lipinski definition) is 5. The Bertz CT molecular complexity index is 1250. The van der Waals surface area contributed by atoms with Crippen molar-refractivity contribution < 1.29 is 9.21 Å². The molecule has 4 aromatic rings. The minimum absolute atomic E-state index is 0.0973. The summed E-state index contributed by atoms with van der Waals surface area (Å²) in [6.07, 6.45) is 0. The first kappa shape index (κ1) is 19.8. The molecule has 5 nitrogen and oxygen atoms in total. The number of thiocarbonyl (C=S) groups is 1. The summed E-state index contributed by atoms with van der Waals surface area (Å²) in [6.45, 7) is 2.02. The van der Waals surface area contributed by atoms with Crippen LogP contribution in [0.1, 0.15) is 16.1 Å². The third-order valence-electron chi connectivity index (χ3n) is 4.04. The lowest BCUT2D eigenvalue weighted by atomic mass is 10.2. The van der Waals surface area contributed by atoms with Crippen LogP contribution in [0.3, 0.4) is 0 Å². The number of aromatic nitrogens is 1. The van der Waals surface area contributed by atoms with E-state index in [-0.39, 0.29) is 10.9 Å². The van der Waals surface area contributed by atoms with E-state index >= 15 is 0 Å². The molecule has 9 heteroatoms. The number of nitrogens with one attached hydrogen (secondary N) is 2. The van der Waals surface area contributed by atoms with Crippen LogP contribution >= 0.6 is 46.8 Å². The van der Waals surface area contributed by atoms with Gasteiger partial charge in [0.15, 0.2) is 16.0 Å². The number of anilines is 1. The third kappa shape index (κ3) is 4.28. The number of nitrogens with zero attached hydrogens (tertiary/aromatic N) is 1. The van der Waals surface area contributed by atoms with Crippen LogP contribution in [0.2, 0.25) is 10.0 Å². The van der Waals surface area contributed by atoms with Crippen molar-refractivity contribution in [1.82, 2.24) is 10.3 Å². The summed E-state index contributed by atoms with van der Waals surface area (Å²) in [5, 5.41) is 7.01. The molecule has 1 amide bonds. The molecule has 0 saturated carbocycles. The Morgan fingerprint density at radius 3 is 2.83 bits per heavy atom. The van der Waals surface area contributed by atoms with E-state index in [1.807, 2.05) is 25.1 Å². The summed E-state index contributed by atoms with van der Waals surface area (Å²) in [5.74, 6) is 0.0482. The molecule has 0 aliphatic heterocycles. The van der Waals surface area contributed by atoms with E-state index in [2.05, 4.69) is 15.6 Å². The normalized spacial score (nSPS) is 10.9. The Labute approximate surface area is 185 Å². The molecular weight excluding hydrogens is 449 g/mol. The van der Waals surface area contributed by atoms with E-state index < -0.39 is 5.91 Å². The third-order valence-corrected chi connectivity index (χ3v) is 5.99. The maximum Gasteiger partial charge on any atom is 0.293 e. The van der Waals surface area contributed by atoms with E-state index in [0.717, 1.165) is 15.8 Å². The molecule has 2 heterocycles. The number of rotatable bonds is 3.